The van der Waals surface area contributed by atoms with Gasteiger partial charge in [0.2, 0.25) is 5.91 Å². The number of piperidine rings is 1. The average molecular weight is 251 g/mol. The number of aromatic nitrogens is 1. The van der Waals surface area contributed by atoms with Gasteiger partial charge in [0.25, 0.3) is 0 Å². The largest absolute Gasteiger partial charge is 0.361 e. The van der Waals surface area contributed by atoms with Crippen molar-refractivity contribution in [3.05, 3.63) is 17.5 Å². The van der Waals surface area contributed by atoms with E-state index in [0.717, 1.165) is 43.8 Å². The highest BCUT2D eigenvalue weighted by Crippen LogP contribution is 2.32. The van der Waals surface area contributed by atoms with Crippen molar-refractivity contribution in [2.24, 2.45) is 5.41 Å². The molecule has 1 aromatic rings. The molecule has 100 valence electrons. The lowest BCUT2D eigenvalue weighted by atomic mass is 9.76. The van der Waals surface area contributed by atoms with Gasteiger partial charge in [-0.25, -0.2) is 0 Å². The summed E-state index contributed by atoms with van der Waals surface area (Å²) in [6, 6.07) is 1.85. The molecule has 5 nitrogen and oxygen atoms in total. The molecule has 1 amide bonds. The second-order valence-electron chi connectivity index (χ2n) is 5.00. The first-order chi connectivity index (χ1) is 8.66. The summed E-state index contributed by atoms with van der Waals surface area (Å²) in [5.74, 6) is 0.915. The van der Waals surface area contributed by atoms with Gasteiger partial charge in [-0.15, -0.1) is 0 Å². The maximum Gasteiger partial charge on any atom is 0.226 e. The first kappa shape index (κ1) is 13.1. The number of hydrogen-bond donors (Lipinski definition) is 2. The number of amides is 1. The summed E-state index contributed by atoms with van der Waals surface area (Å²) >= 11 is 0. The van der Waals surface area contributed by atoms with E-state index < -0.39 is 0 Å². The Labute approximate surface area is 107 Å². The standard InChI is InChI=1S/C13H21N3O2/c1-3-13(4-6-14-7-5-13)12(17)15-9-11-8-10(2)18-16-11/h8,14H,3-7,9H2,1-2H3,(H,15,17). The Balaban J connectivity index is 1.93. The maximum absolute atomic E-state index is 12.3. The van der Waals surface area contributed by atoms with Gasteiger partial charge in [0.15, 0.2) is 0 Å². The molecule has 1 aliphatic rings. The minimum absolute atomic E-state index is 0.146. The van der Waals surface area contributed by atoms with Crippen molar-refractivity contribution in [3.63, 3.8) is 0 Å². The molecule has 1 aliphatic heterocycles. The van der Waals surface area contributed by atoms with Crippen molar-refractivity contribution in [2.75, 3.05) is 13.1 Å². The lowest BCUT2D eigenvalue weighted by molar-refractivity contribution is -0.133. The van der Waals surface area contributed by atoms with Gasteiger partial charge in [0.1, 0.15) is 11.5 Å². The third-order valence-electron chi connectivity index (χ3n) is 3.83. The molecular weight excluding hydrogens is 230 g/mol. The zero-order valence-corrected chi connectivity index (χ0v) is 11.1. The molecule has 1 fully saturated rings. The monoisotopic (exact) mass is 251 g/mol. The van der Waals surface area contributed by atoms with Gasteiger partial charge in [-0.05, 0) is 39.3 Å². The van der Waals surface area contributed by atoms with Gasteiger partial charge in [-0.3, -0.25) is 4.79 Å². The molecule has 0 unspecified atom stereocenters. The smallest absolute Gasteiger partial charge is 0.226 e. The fraction of sp³-hybridized carbons (Fsp3) is 0.692. The zero-order valence-electron chi connectivity index (χ0n) is 11.1. The molecule has 0 aliphatic carbocycles. The lowest BCUT2D eigenvalue weighted by Crippen LogP contribution is -2.47. The molecule has 0 aromatic carbocycles. The van der Waals surface area contributed by atoms with Gasteiger partial charge in [0.05, 0.1) is 12.0 Å². The summed E-state index contributed by atoms with van der Waals surface area (Å²) in [4.78, 5) is 12.3. The molecule has 2 N–H and O–H groups in total. The molecule has 2 rings (SSSR count). The van der Waals surface area contributed by atoms with Crippen LogP contribution in [0.15, 0.2) is 10.6 Å². The predicted molar refractivity (Wildman–Crippen MR) is 67.9 cm³/mol. The Hall–Kier alpha value is -1.36. The number of hydrogen-bond acceptors (Lipinski definition) is 4. The minimum Gasteiger partial charge on any atom is -0.361 e. The fourth-order valence-corrected chi connectivity index (χ4v) is 2.51. The highest BCUT2D eigenvalue weighted by Gasteiger charge is 2.37. The number of rotatable bonds is 4. The number of aryl methyl sites for hydroxylation is 1. The Morgan fingerprint density at radius 1 is 1.56 bits per heavy atom. The molecule has 0 spiro atoms. The van der Waals surface area contributed by atoms with E-state index in [1.807, 2.05) is 13.0 Å². The summed E-state index contributed by atoms with van der Waals surface area (Å²) in [5.41, 5.74) is 0.574. The third-order valence-corrected chi connectivity index (χ3v) is 3.83. The molecule has 1 saturated heterocycles. The van der Waals surface area contributed by atoms with E-state index in [1.54, 1.807) is 0 Å². The second-order valence-corrected chi connectivity index (χ2v) is 5.00. The Bertz CT molecular complexity index is 408. The van der Waals surface area contributed by atoms with Gasteiger partial charge in [-0.2, -0.15) is 0 Å². The van der Waals surface area contributed by atoms with Gasteiger partial charge in [0, 0.05) is 6.07 Å². The quantitative estimate of drug-likeness (QED) is 0.848. The number of carbonyl (C=O) groups is 1. The molecular formula is C13H21N3O2. The van der Waals surface area contributed by atoms with Crippen molar-refractivity contribution in [1.29, 1.82) is 0 Å². The van der Waals surface area contributed by atoms with Crippen molar-refractivity contribution >= 4 is 5.91 Å². The van der Waals surface area contributed by atoms with Crippen LogP contribution in [-0.4, -0.2) is 24.2 Å². The number of carbonyl (C=O) groups excluding carboxylic acids is 1. The van der Waals surface area contributed by atoms with Crippen LogP contribution in [0.3, 0.4) is 0 Å². The third kappa shape index (κ3) is 2.72. The van der Waals surface area contributed by atoms with Crippen LogP contribution < -0.4 is 10.6 Å². The lowest BCUT2D eigenvalue weighted by Gasteiger charge is -2.35. The van der Waals surface area contributed by atoms with Gasteiger partial charge in [-0.1, -0.05) is 12.1 Å². The highest BCUT2D eigenvalue weighted by atomic mass is 16.5. The van der Waals surface area contributed by atoms with E-state index in [2.05, 4.69) is 22.7 Å². The first-order valence-electron chi connectivity index (χ1n) is 6.57. The van der Waals surface area contributed by atoms with Crippen molar-refractivity contribution in [1.82, 2.24) is 15.8 Å². The van der Waals surface area contributed by atoms with Crippen LogP contribution in [0.4, 0.5) is 0 Å². The highest BCUT2D eigenvalue weighted by molar-refractivity contribution is 5.82. The summed E-state index contributed by atoms with van der Waals surface area (Å²) in [6.07, 6.45) is 2.71. The van der Waals surface area contributed by atoms with E-state index in [-0.39, 0.29) is 11.3 Å². The molecule has 0 saturated carbocycles. The maximum atomic E-state index is 12.3. The van der Waals surface area contributed by atoms with Crippen LogP contribution in [0.5, 0.6) is 0 Å². The van der Waals surface area contributed by atoms with E-state index >= 15 is 0 Å². The van der Waals surface area contributed by atoms with E-state index in [0.29, 0.717) is 6.54 Å². The Kier molecular flexibility index (Phi) is 4.01. The molecule has 0 atom stereocenters. The summed E-state index contributed by atoms with van der Waals surface area (Å²) < 4.78 is 4.98. The zero-order chi connectivity index (χ0) is 13.0. The van der Waals surface area contributed by atoms with Gasteiger partial charge < -0.3 is 15.2 Å². The SMILES string of the molecule is CCC1(C(=O)NCc2cc(C)on2)CCNCC1. The van der Waals surface area contributed by atoms with Crippen LogP contribution in [0.1, 0.15) is 37.6 Å². The predicted octanol–water partition coefficient (Wildman–Crippen LogP) is 1.38. The van der Waals surface area contributed by atoms with Crippen LogP contribution in [-0.2, 0) is 11.3 Å². The summed E-state index contributed by atoms with van der Waals surface area (Å²) in [7, 11) is 0. The number of nitrogens with one attached hydrogen (secondary N) is 2. The molecule has 18 heavy (non-hydrogen) atoms. The van der Waals surface area contributed by atoms with E-state index in [1.165, 1.54) is 0 Å². The molecule has 2 heterocycles. The fourth-order valence-electron chi connectivity index (χ4n) is 2.51. The molecule has 0 radical (unpaired) electrons. The Morgan fingerprint density at radius 3 is 2.83 bits per heavy atom. The first-order valence-corrected chi connectivity index (χ1v) is 6.57. The van der Waals surface area contributed by atoms with Crippen molar-refractivity contribution in [2.45, 2.75) is 39.7 Å². The van der Waals surface area contributed by atoms with E-state index in [4.69, 9.17) is 4.52 Å². The molecule has 1 aromatic heterocycles. The number of nitrogens with zero attached hydrogens (tertiary/aromatic N) is 1. The van der Waals surface area contributed by atoms with Crippen LogP contribution in [0.2, 0.25) is 0 Å². The summed E-state index contributed by atoms with van der Waals surface area (Å²) in [6.45, 7) is 6.23. The molecule has 0 bridgehead atoms. The normalized spacial score (nSPS) is 18.6. The van der Waals surface area contributed by atoms with Crippen LogP contribution >= 0.6 is 0 Å². The topological polar surface area (TPSA) is 67.2 Å². The van der Waals surface area contributed by atoms with Crippen LogP contribution in [0, 0.1) is 12.3 Å². The van der Waals surface area contributed by atoms with Crippen LogP contribution in [0.25, 0.3) is 0 Å². The van der Waals surface area contributed by atoms with Gasteiger partial charge >= 0.3 is 0 Å². The van der Waals surface area contributed by atoms with E-state index in [9.17, 15) is 4.79 Å². The Morgan fingerprint density at radius 2 is 2.28 bits per heavy atom. The minimum atomic E-state index is -0.204. The van der Waals surface area contributed by atoms with Crippen molar-refractivity contribution in [3.8, 4) is 0 Å². The molecule has 5 heteroatoms. The average Bonchev–Trinajstić information content (AvgIpc) is 2.82. The summed E-state index contributed by atoms with van der Waals surface area (Å²) in [5, 5.41) is 10.2. The van der Waals surface area contributed by atoms with Crippen molar-refractivity contribution < 1.29 is 9.32 Å². The second kappa shape index (κ2) is 5.52.